The second-order valence-electron chi connectivity index (χ2n) is 4.49. The molecule has 3 N–H and O–H groups in total. The van der Waals surface area contributed by atoms with E-state index in [1.807, 2.05) is 12.1 Å². The molecule has 2 heterocycles. The summed E-state index contributed by atoms with van der Waals surface area (Å²) in [5.74, 6) is -0.451. The number of hydrogen-bond donors (Lipinski definition) is 3. The van der Waals surface area contributed by atoms with Crippen LogP contribution in [-0.4, -0.2) is 21.1 Å². The Bertz CT molecular complexity index is 848. The van der Waals surface area contributed by atoms with E-state index in [-0.39, 0.29) is 11.0 Å². The number of carbonyl (C=O) groups excluding carboxylic acids is 1. The van der Waals surface area contributed by atoms with E-state index < -0.39 is 5.91 Å². The Labute approximate surface area is 113 Å². The number of aryl methyl sites for hydroxylation is 1. The Morgan fingerprint density at radius 2 is 2.20 bits per heavy atom. The predicted molar refractivity (Wildman–Crippen MR) is 75.8 cm³/mol. The number of benzene rings is 1. The van der Waals surface area contributed by atoms with E-state index >= 15 is 0 Å². The minimum absolute atomic E-state index is 0.0760. The van der Waals surface area contributed by atoms with Crippen LogP contribution in [0.4, 0.5) is 5.69 Å². The van der Waals surface area contributed by atoms with E-state index in [2.05, 4.69) is 20.5 Å². The zero-order valence-corrected chi connectivity index (χ0v) is 10.7. The molecular weight excluding hydrogens is 256 g/mol. The van der Waals surface area contributed by atoms with Crippen molar-refractivity contribution in [2.75, 3.05) is 5.32 Å². The van der Waals surface area contributed by atoms with Gasteiger partial charge in [-0.15, -0.1) is 0 Å². The average Bonchev–Trinajstić information content (AvgIpc) is 2.87. The van der Waals surface area contributed by atoms with E-state index in [1.54, 1.807) is 19.2 Å². The quantitative estimate of drug-likeness (QED) is 0.662. The standard InChI is InChI=1S/C14H12N4O2/c1-8-5-12(19)10(7-15-8)14(20)17-11-4-2-3-9-6-16-18-13(9)11/h2-7H,1H3,(H,15,19)(H,16,18)(H,17,20). The maximum Gasteiger partial charge on any atom is 0.261 e. The Balaban J connectivity index is 1.96. The van der Waals surface area contributed by atoms with Crippen molar-refractivity contribution >= 4 is 22.5 Å². The molecule has 0 aliphatic carbocycles. The van der Waals surface area contributed by atoms with Gasteiger partial charge in [0.05, 0.1) is 17.4 Å². The van der Waals surface area contributed by atoms with Crippen LogP contribution in [0.25, 0.3) is 10.9 Å². The monoisotopic (exact) mass is 268 g/mol. The van der Waals surface area contributed by atoms with Crippen LogP contribution in [0.3, 0.4) is 0 Å². The molecule has 0 spiro atoms. The Kier molecular flexibility index (Phi) is 2.83. The van der Waals surface area contributed by atoms with Gasteiger partial charge in [0.1, 0.15) is 5.56 Å². The SMILES string of the molecule is Cc1cc(=O)c(C(=O)Nc2cccc3cn[nH]c23)c[nH]1. The summed E-state index contributed by atoms with van der Waals surface area (Å²) in [7, 11) is 0. The largest absolute Gasteiger partial charge is 0.364 e. The van der Waals surface area contributed by atoms with E-state index in [9.17, 15) is 9.59 Å². The first kappa shape index (κ1) is 12.2. The number of nitrogens with one attached hydrogen (secondary N) is 3. The third-order valence-electron chi connectivity index (χ3n) is 3.03. The van der Waals surface area contributed by atoms with Gasteiger partial charge in [0.25, 0.3) is 5.91 Å². The number of aromatic amines is 2. The average molecular weight is 268 g/mol. The van der Waals surface area contributed by atoms with Crippen LogP contribution in [0.15, 0.2) is 41.5 Å². The molecule has 6 nitrogen and oxygen atoms in total. The number of hydrogen-bond acceptors (Lipinski definition) is 3. The molecule has 6 heteroatoms. The molecule has 0 bridgehead atoms. The summed E-state index contributed by atoms with van der Waals surface area (Å²) >= 11 is 0. The number of anilines is 1. The molecule has 0 saturated carbocycles. The van der Waals surface area contributed by atoms with Gasteiger partial charge in [-0.05, 0) is 13.0 Å². The molecule has 2 aromatic heterocycles. The first-order valence-corrected chi connectivity index (χ1v) is 6.08. The second kappa shape index (κ2) is 4.65. The normalized spacial score (nSPS) is 10.7. The third kappa shape index (κ3) is 2.07. The molecule has 0 atom stereocenters. The number of para-hydroxylation sites is 1. The molecule has 1 amide bonds. The van der Waals surface area contributed by atoms with E-state index in [4.69, 9.17) is 0 Å². The molecule has 3 rings (SSSR count). The van der Waals surface area contributed by atoms with Crippen LogP contribution in [0.5, 0.6) is 0 Å². The first-order chi connectivity index (χ1) is 9.65. The highest BCUT2D eigenvalue weighted by Crippen LogP contribution is 2.20. The summed E-state index contributed by atoms with van der Waals surface area (Å²) < 4.78 is 0. The highest BCUT2D eigenvalue weighted by Gasteiger charge is 2.12. The number of pyridine rings is 1. The van der Waals surface area contributed by atoms with E-state index in [0.717, 1.165) is 10.9 Å². The van der Waals surface area contributed by atoms with Crippen LogP contribution >= 0.6 is 0 Å². The molecule has 0 saturated heterocycles. The van der Waals surface area contributed by atoms with Crippen molar-refractivity contribution in [3.05, 3.63) is 58.1 Å². The van der Waals surface area contributed by atoms with Gasteiger partial charge >= 0.3 is 0 Å². The maximum absolute atomic E-state index is 12.1. The summed E-state index contributed by atoms with van der Waals surface area (Å²) in [5.41, 5.74) is 1.79. The Morgan fingerprint density at radius 1 is 1.35 bits per heavy atom. The van der Waals surface area contributed by atoms with Crippen LogP contribution in [0, 0.1) is 6.92 Å². The zero-order chi connectivity index (χ0) is 14.1. The van der Waals surface area contributed by atoms with Crippen molar-refractivity contribution in [1.29, 1.82) is 0 Å². The first-order valence-electron chi connectivity index (χ1n) is 6.08. The fourth-order valence-electron chi connectivity index (χ4n) is 2.01. The van der Waals surface area contributed by atoms with Crippen molar-refractivity contribution in [2.24, 2.45) is 0 Å². The topological polar surface area (TPSA) is 90.6 Å². The summed E-state index contributed by atoms with van der Waals surface area (Å²) in [4.78, 5) is 26.8. The zero-order valence-electron chi connectivity index (χ0n) is 10.7. The van der Waals surface area contributed by atoms with Gasteiger partial charge in [-0.25, -0.2) is 0 Å². The predicted octanol–water partition coefficient (Wildman–Crippen LogP) is 1.81. The number of amides is 1. The van der Waals surface area contributed by atoms with Gasteiger partial charge in [-0.3, -0.25) is 14.7 Å². The fraction of sp³-hybridized carbons (Fsp3) is 0.0714. The highest BCUT2D eigenvalue weighted by atomic mass is 16.2. The van der Waals surface area contributed by atoms with Crippen LogP contribution < -0.4 is 10.7 Å². The van der Waals surface area contributed by atoms with Gasteiger partial charge in [0, 0.05) is 23.3 Å². The van der Waals surface area contributed by atoms with Crippen molar-refractivity contribution in [1.82, 2.24) is 15.2 Å². The van der Waals surface area contributed by atoms with Crippen molar-refractivity contribution in [2.45, 2.75) is 6.92 Å². The third-order valence-corrected chi connectivity index (χ3v) is 3.03. The molecular formula is C14H12N4O2. The number of aromatic nitrogens is 3. The number of carbonyl (C=O) groups is 1. The lowest BCUT2D eigenvalue weighted by Gasteiger charge is -2.06. The lowest BCUT2D eigenvalue weighted by Crippen LogP contribution is -2.21. The van der Waals surface area contributed by atoms with Crippen LogP contribution in [0.2, 0.25) is 0 Å². The molecule has 100 valence electrons. The molecule has 0 aliphatic heterocycles. The molecule has 0 radical (unpaired) electrons. The lowest BCUT2D eigenvalue weighted by molar-refractivity contribution is 0.102. The van der Waals surface area contributed by atoms with Gasteiger partial charge in [0.15, 0.2) is 5.43 Å². The highest BCUT2D eigenvalue weighted by molar-refractivity contribution is 6.08. The minimum Gasteiger partial charge on any atom is -0.364 e. The lowest BCUT2D eigenvalue weighted by atomic mass is 10.2. The van der Waals surface area contributed by atoms with E-state index in [1.165, 1.54) is 12.3 Å². The molecule has 0 aliphatic rings. The summed E-state index contributed by atoms with van der Waals surface area (Å²) in [6.07, 6.45) is 3.09. The van der Waals surface area contributed by atoms with Crippen LogP contribution in [0.1, 0.15) is 16.1 Å². The van der Waals surface area contributed by atoms with Crippen molar-refractivity contribution in [3.63, 3.8) is 0 Å². The molecule has 20 heavy (non-hydrogen) atoms. The van der Waals surface area contributed by atoms with E-state index in [0.29, 0.717) is 11.4 Å². The van der Waals surface area contributed by atoms with Gasteiger partial charge in [-0.1, -0.05) is 12.1 Å². The second-order valence-corrected chi connectivity index (χ2v) is 4.49. The van der Waals surface area contributed by atoms with Crippen molar-refractivity contribution in [3.8, 4) is 0 Å². The number of rotatable bonds is 2. The molecule has 3 aromatic rings. The Morgan fingerprint density at radius 3 is 3.00 bits per heavy atom. The van der Waals surface area contributed by atoms with Gasteiger partial charge < -0.3 is 10.3 Å². The summed E-state index contributed by atoms with van der Waals surface area (Å²) in [6.45, 7) is 1.76. The molecule has 0 unspecified atom stereocenters. The van der Waals surface area contributed by atoms with Gasteiger partial charge in [-0.2, -0.15) is 5.10 Å². The smallest absolute Gasteiger partial charge is 0.261 e. The van der Waals surface area contributed by atoms with Crippen LogP contribution in [-0.2, 0) is 0 Å². The minimum atomic E-state index is -0.451. The number of nitrogens with zero attached hydrogens (tertiary/aromatic N) is 1. The Hall–Kier alpha value is -2.89. The molecule has 1 aromatic carbocycles. The fourth-order valence-corrected chi connectivity index (χ4v) is 2.01. The summed E-state index contributed by atoms with van der Waals surface area (Å²) in [6, 6.07) is 6.84. The van der Waals surface area contributed by atoms with Gasteiger partial charge in [0.2, 0.25) is 0 Å². The number of H-pyrrole nitrogens is 2. The molecule has 0 fully saturated rings. The van der Waals surface area contributed by atoms with Crippen molar-refractivity contribution < 1.29 is 4.79 Å². The number of fused-ring (bicyclic) bond motifs is 1. The summed E-state index contributed by atoms with van der Waals surface area (Å²) in [5, 5.41) is 10.4. The maximum atomic E-state index is 12.1.